The summed E-state index contributed by atoms with van der Waals surface area (Å²) in [5, 5.41) is 119. The smallest absolute Gasteiger partial charge is 0.220 e. The fourth-order valence-corrected chi connectivity index (χ4v) is 7.49. The summed E-state index contributed by atoms with van der Waals surface area (Å²) < 4.78 is 33.9. The quantitative estimate of drug-likeness (QED) is 0.0406. The third kappa shape index (κ3) is 15.0. The fraction of sp³-hybridized carbons (Fsp3) is 0.974. The molecular formula is C39H73NO18. The van der Waals surface area contributed by atoms with Crippen LogP contribution in [-0.4, -0.2) is 193 Å². The number of unbranched alkanes of at least 4 members (excludes halogenated alkanes) is 11. The first-order valence-corrected chi connectivity index (χ1v) is 21.3. The Kier molecular flexibility index (Phi) is 23.8. The fourth-order valence-electron chi connectivity index (χ4n) is 7.49. The third-order valence-corrected chi connectivity index (χ3v) is 11.2. The number of hydrogen-bond donors (Lipinski definition) is 12. The Morgan fingerprint density at radius 1 is 0.552 bits per heavy atom. The van der Waals surface area contributed by atoms with Crippen LogP contribution in [0.2, 0.25) is 0 Å². The van der Waals surface area contributed by atoms with Crippen molar-refractivity contribution in [1.82, 2.24) is 5.32 Å². The number of rotatable bonds is 27. The van der Waals surface area contributed by atoms with Crippen molar-refractivity contribution < 1.29 is 89.4 Å². The van der Waals surface area contributed by atoms with Gasteiger partial charge >= 0.3 is 0 Å². The minimum Gasteiger partial charge on any atom is -0.394 e. The third-order valence-electron chi connectivity index (χ3n) is 11.2. The SMILES string of the molecule is CCCCCCCCCC(=O)NC(COC1OC(CO)C(OC2OC(CO)C(OC3OC(CO)C(O)C(O)C3O)C(O)C2O)C(O)C1O)C(O)CCCCCCCC. The lowest BCUT2D eigenvalue weighted by molar-refractivity contribution is -0.379. The van der Waals surface area contributed by atoms with Crippen molar-refractivity contribution in [2.24, 2.45) is 0 Å². The van der Waals surface area contributed by atoms with Crippen LogP contribution >= 0.6 is 0 Å². The maximum atomic E-state index is 13.0. The lowest BCUT2D eigenvalue weighted by atomic mass is 9.96. The van der Waals surface area contributed by atoms with Gasteiger partial charge in [-0.05, 0) is 12.8 Å². The Bertz CT molecular complexity index is 1110. The number of carbonyl (C=O) groups is 1. The summed E-state index contributed by atoms with van der Waals surface area (Å²) in [5.41, 5.74) is 0. The molecule has 3 rings (SSSR count). The molecule has 0 radical (unpaired) electrons. The number of carbonyl (C=O) groups excluding carboxylic acids is 1. The molecule has 0 aromatic heterocycles. The van der Waals surface area contributed by atoms with Gasteiger partial charge in [0.25, 0.3) is 0 Å². The van der Waals surface area contributed by atoms with Gasteiger partial charge in [-0.25, -0.2) is 0 Å². The Hall–Kier alpha value is -1.21. The van der Waals surface area contributed by atoms with Crippen molar-refractivity contribution in [2.45, 2.75) is 214 Å². The Balaban J connectivity index is 1.62. The van der Waals surface area contributed by atoms with E-state index in [-0.39, 0.29) is 18.9 Å². The van der Waals surface area contributed by atoms with Crippen LogP contribution in [-0.2, 0) is 33.2 Å². The van der Waals surface area contributed by atoms with E-state index in [9.17, 15) is 61.0 Å². The van der Waals surface area contributed by atoms with E-state index in [0.29, 0.717) is 12.8 Å². The van der Waals surface area contributed by atoms with Crippen molar-refractivity contribution in [2.75, 3.05) is 26.4 Å². The van der Waals surface area contributed by atoms with Gasteiger partial charge in [0.1, 0.15) is 73.2 Å². The molecular weight excluding hydrogens is 770 g/mol. The molecule has 19 heteroatoms. The van der Waals surface area contributed by atoms with Crippen LogP contribution in [0.3, 0.4) is 0 Å². The number of aliphatic hydroxyl groups is 11. The van der Waals surface area contributed by atoms with Gasteiger partial charge in [0.15, 0.2) is 18.9 Å². The molecule has 58 heavy (non-hydrogen) atoms. The second-order valence-corrected chi connectivity index (χ2v) is 15.8. The zero-order chi connectivity index (χ0) is 42.8. The molecule has 3 heterocycles. The molecule has 3 saturated heterocycles. The molecule has 3 aliphatic rings. The molecule has 3 fully saturated rings. The van der Waals surface area contributed by atoms with E-state index in [0.717, 1.165) is 70.6 Å². The molecule has 0 aliphatic carbocycles. The van der Waals surface area contributed by atoms with Crippen LogP contribution in [0, 0.1) is 0 Å². The molecule has 17 atom stereocenters. The van der Waals surface area contributed by atoms with Crippen molar-refractivity contribution in [3.63, 3.8) is 0 Å². The number of nitrogens with one attached hydrogen (secondary N) is 1. The zero-order valence-electron chi connectivity index (χ0n) is 34.0. The summed E-state index contributed by atoms with van der Waals surface area (Å²) in [5.74, 6) is -0.258. The first-order valence-electron chi connectivity index (χ1n) is 21.3. The minimum absolute atomic E-state index is 0.258. The van der Waals surface area contributed by atoms with Crippen LogP contribution in [0.5, 0.6) is 0 Å². The summed E-state index contributed by atoms with van der Waals surface area (Å²) in [6.45, 7) is 1.58. The topological polar surface area (TPSA) is 307 Å². The Morgan fingerprint density at radius 2 is 0.983 bits per heavy atom. The van der Waals surface area contributed by atoms with Gasteiger partial charge in [-0.1, -0.05) is 90.9 Å². The highest BCUT2D eigenvalue weighted by molar-refractivity contribution is 5.76. The van der Waals surface area contributed by atoms with Gasteiger partial charge < -0.3 is 89.9 Å². The van der Waals surface area contributed by atoms with E-state index in [1.54, 1.807) is 0 Å². The van der Waals surface area contributed by atoms with Crippen LogP contribution in [0.1, 0.15) is 110 Å². The van der Waals surface area contributed by atoms with Gasteiger partial charge in [-0.3, -0.25) is 4.79 Å². The highest BCUT2D eigenvalue weighted by Crippen LogP contribution is 2.33. The van der Waals surface area contributed by atoms with E-state index < -0.39 is 124 Å². The van der Waals surface area contributed by atoms with Crippen molar-refractivity contribution in [3.8, 4) is 0 Å². The van der Waals surface area contributed by atoms with E-state index >= 15 is 0 Å². The van der Waals surface area contributed by atoms with Crippen LogP contribution in [0.4, 0.5) is 0 Å². The molecule has 0 aromatic rings. The van der Waals surface area contributed by atoms with E-state index in [1.807, 2.05) is 0 Å². The average Bonchev–Trinajstić information content (AvgIpc) is 3.22. The second-order valence-electron chi connectivity index (χ2n) is 15.8. The van der Waals surface area contributed by atoms with Crippen LogP contribution in [0.15, 0.2) is 0 Å². The molecule has 3 aliphatic heterocycles. The Labute approximate surface area is 341 Å². The lowest BCUT2D eigenvalue weighted by Crippen LogP contribution is -2.66. The summed E-state index contributed by atoms with van der Waals surface area (Å²) in [6, 6.07) is -0.872. The lowest BCUT2D eigenvalue weighted by Gasteiger charge is -2.48. The second kappa shape index (κ2) is 27.0. The summed E-state index contributed by atoms with van der Waals surface area (Å²) >= 11 is 0. The average molecular weight is 844 g/mol. The van der Waals surface area contributed by atoms with Gasteiger partial charge in [-0.2, -0.15) is 0 Å². The first-order chi connectivity index (χ1) is 27.8. The largest absolute Gasteiger partial charge is 0.394 e. The van der Waals surface area contributed by atoms with Gasteiger partial charge in [0, 0.05) is 6.42 Å². The van der Waals surface area contributed by atoms with E-state index in [1.165, 1.54) is 6.42 Å². The van der Waals surface area contributed by atoms with Gasteiger partial charge in [0.05, 0.1) is 38.6 Å². The molecule has 17 unspecified atom stereocenters. The predicted octanol–water partition coefficient (Wildman–Crippen LogP) is -1.81. The summed E-state index contributed by atoms with van der Waals surface area (Å²) in [7, 11) is 0. The summed E-state index contributed by atoms with van der Waals surface area (Å²) in [4.78, 5) is 13.0. The maximum absolute atomic E-state index is 13.0. The molecule has 0 saturated carbocycles. The molecule has 19 nitrogen and oxygen atoms in total. The number of aliphatic hydroxyl groups excluding tert-OH is 11. The van der Waals surface area contributed by atoms with E-state index in [4.69, 9.17) is 28.4 Å². The highest BCUT2D eigenvalue weighted by Gasteiger charge is 2.53. The van der Waals surface area contributed by atoms with Crippen LogP contribution < -0.4 is 5.32 Å². The predicted molar refractivity (Wildman–Crippen MR) is 204 cm³/mol. The number of amides is 1. The molecule has 0 bridgehead atoms. The van der Waals surface area contributed by atoms with Crippen molar-refractivity contribution in [1.29, 1.82) is 0 Å². The molecule has 12 N–H and O–H groups in total. The molecule has 0 spiro atoms. The number of hydrogen-bond acceptors (Lipinski definition) is 18. The van der Waals surface area contributed by atoms with Gasteiger partial charge in [0.2, 0.25) is 5.91 Å². The Morgan fingerprint density at radius 3 is 1.50 bits per heavy atom. The molecule has 0 aromatic carbocycles. The summed E-state index contributed by atoms with van der Waals surface area (Å²) in [6.07, 6.45) is -12.5. The monoisotopic (exact) mass is 843 g/mol. The van der Waals surface area contributed by atoms with Crippen molar-refractivity contribution >= 4 is 5.91 Å². The first kappa shape index (κ1) is 51.1. The molecule has 342 valence electrons. The maximum Gasteiger partial charge on any atom is 0.220 e. The number of ether oxygens (including phenoxy) is 6. The van der Waals surface area contributed by atoms with Crippen LogP contribution in [0.25, 0.3) is 0 Å². The zero-order valence-corrected chi connectivity index (χ0v) is 34.0. The van der Waals surface area contributed by atoms with Crippen molar-refractivity contribution in [3.05, 3.63) is 0 Å². The normalized spacial score (nSPS) is 36.7. The minimum atomic E-state index is -1.96. The van der Waals surface area contributed by atoms with Gasteiger partial charge in [-0.15, -0.1) is 0 Å². The standard InChI is InChI=1S/C39H73NO18/c1-3-5-7-9-11-13-15-17-27(45)40-22(23(44)16-14-12-10-8-6-4-2)21-53-37-33(51)30(48)35(25(19-42)55-37)58-39-34(52)31(49)36(26(20-43)56-39)57-38-32(50)29(47)28(46)24(18-41)54-38/h22-26,28-39,41-44,46-52H,3-21H2,1-2H3,(H,40,45). The van der Waals surface area contributed by atoms with E-state index in [2.05, 4.69) is 19.2 Å². The highest BCUT2D eigenvalue weighted by atomic mass is 16.8. The molecule has 1 amide bonds.